The summed E-state index contributed by atoms with van der Waals surface area (Å²) in [6.45, 7) is 0. The average Bonchev–Trinajstić information content (AvgIpc) is 2.85. The molecule has 0 unspecified atom stereocenters. The summed E-state index contributed by atoms with van der Waals surface area (Å²) >= 11 is 0. The van der Waals surface area contributed by atoms with Gasteiger partial charge >= 0.3 is 0 Å². The van der Waals surface area contributed by atoms with E-state index >= 15 is 0 Å². The quantitative estimate of drug-likeness (QED) is 0.688. The summed E-state index contributed by atoms with van der Waals surface area (Å²) in [4.78, 5) is 12.1. The summed E-state index contributed by atoms with van der Waals surface area (Å²) in [6, 6.07) is 11.9. The monoisotopic (exact) mass is 253 g/mol. The number of anilines is 1. The fourth-order valence-corrected chi connectivity index (χ4v) is 1.85. The van der Waals surface area contributed by atoms with E-state index in [1.165, 1.54) is 18.3 Å². The molecule has 1 aromatic carbocycles. The molecule has 0 spiro atoms. The number of fused-ring (bicyclic) bond motifs is 1. The van der Waals surface area contributed by atoms with Gasteiger partial charge in [0.1, 0.15) is 5.75 Å². The van der Waals surface area contributed by atoms with Crippen molar-refractivity contribution in [2.45, 2.75) is 0 Å². The van der Waals surface area contributed by atoms with Crippen molar-refractivity contribution in [2.75, 3.05) is 5.32 Å². The number of pyridine rings is 1. The zero-order chi connectivity index (χ0) is 13.2. The van der Waals surface area contributed by atoms with Crippen LogP contribution >= 0.6 is 0 Å². The minimum Gasteiger partial charge on any atom is -0.508 e. The van der Waals surface area contributed by atoms with Gasteiger partial charge in [0, 0.05) is 11.9 Å². The Bertz CT molecular complexity index is 732. The van der Waals surface area contributed by atoms with E-state index in [-0.39, 0.29) is 11.7 Å². The zero-order valence-electron chi connectivity index (χ0n) is 9.95. The highest BCUT2D eigenvalue weighted by Gasteiger charge is 2.12. The second kappa shape index (κ2) is 4.45. The topological polar surface area (TPSA) is 66.6 Å². The second-order valence-electron chi connectivity index (χ2n) is 4.09. The number of aromatic nitrogens is 2. The van der Waals surface area contributed by atoms with Gasteiger partial charge in [0.15, 0.2) is 0 Å². The van der Waals surface area contributed by atoms with E-state index in [9.17, 15) is 9.90 Å². The van der Waals surface area contributed by atoms with Crippen LogP contribution in [0.25, 0.3) is 5.52 Å². The molecule has 0 aliphatic heterocycles. The third-order valence-corrected chi connectivity index (χ3v) is 2.80. The van der Waals surface area contributed by atoms with Crippen molar-refractivity contribution in [1.29, 1.82) is 0 Å². The molecule has 3 aromatic rings. The van der Waals surface area contributed by atoms with Crippen LogP contribution < -0.4 is 5.32 Å². The lowest BCUT2D eigenvalue weighted by molar-refractivity contribution is 0.102. The Balaban J connectivity index is 1.90. The number of nitrogens with one attached hydrogen (secondary N) is 1. The van der Waals surface area contributed by atoms with Gasteiger partial charge in [0.05, 0.1) is 17.3 Å². The van der Waals surface area contributed by atoms with Crippen LogP contribution in [0.15, 0.2) is 54.9 Å². The smallest absolute Gasteiger partial charge is 0.259 e. The number of carbonyl (C=O) groups is 1. The van der Waals surface area contributed by atoms with Crippen LogP contribution in [0.5, 0.6) is 5.75 Å². The highest BCUT2D eigenvalue weighted by Crippen LogP contribution is 2.16. The standard InChI is InChI=1S/C14H11N3O2/c18-11-6-4-10(5-7-11)16-14(19)12-9-15-17-8-2-1-3-13(12)17/h1-9,18H,(H,16,19). The molecular formula is C14H11N3O2. The average molecular weight is 253 g/mol. The van der Waals surface area contributed by atoms with E-state index in [1.807, 2.05) is 18.2 Å². The number of phenolic OH excluding ortho intramolecular Hbond substituents is 1. The summed E-state index contributed by atoms with van der Waals surface area (Å²) < 4.78 is 1.64. The predicted molar refractivity (Wildman–Crippen MR) is 71.3 cm³/mol. The van der Waals surface area contributed by atoms with Crippen LogP contribution in [0.4, 0.5) is 5.69 Å². The molecule has 0 radical (unpaired) electrons. The number of rotatable bonds is 2. The van der Waals surface area contributed by atoms with Crippen LogP contribution in [0.3, 0.4) is 0 Å². The highest BCUT2D eigenvalue weighted by molar-refractivity contribution is 6.08. The van der Waals surface area contributed by atoms with Gasteiger partial charge in [-0.05, 0) is 36.4 Å². The molecule has 1 amide bonds. The first-order chi connectivity index (χ1) is 9.24. The van der Waals surface area contributed by atoms with Crippen LogP contribution in [0, 0.1) is 0 Å². The number of benzene rings is 1. The first kappa shape index (κ1) is 11.3. The Morgan fingerprint density at radius 2 is 1.95 bits per heavy atom. The number of hydrogen-bond donors (Lipinski definition) is 2. The van der Waals surface area contributed by atoms with Crippen molar-refractivity contribution >= 4 is 17.1 Å². The normalized spacial score (nSPS) is 10.5. The number of aromatic hydroxyl groups is 1. The Kier molecular flexibility index (Phi) is 2.64. The van der Waals surface area contributed by atoms with Gasteiger partial charge in [0.25, 0.3) is 5.91 Å². The molecule has 19 heavy (non-hydrogen) atoms. The molecular weight excluding hydrogens is 242 g/mol. The molecule has 5 nitrogen and oxygen atoms in total. The van der Waals surface area contributed by atoms with E-state index in [1.54, 1.807) is 22.8 Å². The second-order valence-corrected chi connectivity index (χ2v) is 4.09. The van der Waals surface area contributed by atoms with Crippen molar-refractivity contribution in [1.82, 2.24) is 9.61 Å². The van der Waals surface area contributed by atoms with Crippen LogP contribution in [0.1, 0.15) is 10.4 Å². The molecule has 2 N–H and O–H groups in total. The molecule has 0 bridgehead atoms. The third-order valence-electron chi connectivity index (χ3n) is 2.80. The molecule has 2 heterocycles. The van der Waals surface area contributed by atoms with Gasteiger partial charge in [-0.3, -0.25) is 4.79 Å². The number of hydrogen-bond acceptors (Lipinski definition) is 3. The molecule has 0 atom stereocenters. The Morgan fingerprint density at radius 3 is 2.74 bits per heavy atom. The largest absolute Gasteiger partial charge is 0.508 e. The van der Waals surface area contributed by atoms with Gasteiger partial charge in [0.2, 0.25) is 0 Å². The Labute approximate surface area is 109 Å². The molecule has 5 heteroatoms. The maximum atomic E-state index is 12.1. The van der Waals surface area contributed by atoms with Gasteiger partial charge in [-0.15, -0.1) is 0 Å². The van der Waals surface area contributed by atoms with E-state index in [4.69, 9.17) is 0 Å². The molecule has 3 rings (SSSR count). The van der Waals surface area contributed by atoms with E-state index < -0.39 is 0 Å². The number of amides is 1. The number of phenols is 1. The van der Waals surface area contributed by atoms with E-state index in [0.717, 1.165) is 5.52 Å². The lowest BCUT2D eigenvalue weighted by atomic mass is 10.2. The fraction of sp³-hybridized carbons (Fsp3) is 0. The summed E-state index contributed by atoms with van der Waals surface area (Å²) in [6.07, 6.45) is 3.32. The summed E-state index contributed by atoms with van der Waals surface area (Å²) in [7, 11) is 0. The van der Waals surface area contributed by atoms with Crippen molar-refractivity contribution < 1.29 is 9.90 Å². The van der Waals surface area contributed by atoms with Gasteiger partial charge < -0.3 is 10.4 Å². The maximum absolute atomic E-state index is 12.1. The minimum absolute atomic E-state index is 0.161. The number of nitrogens with zero attached hydrogens (tertiary/aromatic N) is 2. The molecule has 0 saturated heterocycles. The Morgan fingerprint density at radius 1 is 1.16 bits per heavy atom. The third kappa shape index (κ3) is 2.13. The molecule has 0 fully saturated rings. The maximum Gasteiger partial charge on any atom is 0.259 e. The minimum atomic E-state index is -0.230. The van der Waals surface area contributed by atoms with E-state index in [0.29, 0.717) is 11.3 Å². The molecule has 2 aromatic heterocycles. The molecule has 0 saturated carbocycles. The van der Waals surface area contributed by atoms with Gasteiger partial charge in [-0.1, -0.05) is 6.07 Å². The van der Waals surface area contributed by atoms with Crippen LogP contribution in [0.2, 0.25) is 0 Å². The first-order valence-electron chi connectivity index (χ1n) is 5.77. The summed E-state index contributed by atoms with van der Waals surface area (Å²) in [5, 5.41) is 16.1. The fourth-order valence-electron chi connectivity index (χ4n) is 1.85. The summed E-state index contributed by atoms with van der Waals surface area (Å²) in [5.74, 6) is -0.0686. The van der Waals surface area contributed by atoms with E-state index in [2.05, 4.69) is 10.4 Å². The SMILES string of the molecule is O=C(Nc1ccc(O)cc1)c1cnn2ccccc12. The molecule has 0 aliphatic carbocycles. The zero-order valence-corrected chi connectivity index (χ0v) is 9.95. The lowest BCUT2D eigenvalue weighted by Crippen LogP contribution is -2.11. The molecule has 0 aliphatic rings. The van der Waals surface area contributed by atoms with Crippen LogP contribution in [-0.2, 0) is 0 Å². The van der Waals surface area contributed by atoms with Crippen molar-refractivity contribution in [3.63, 3.8) is 0 Å². The van der Waals surface area contributed by atoms with Crippen molar-refractivity contribution in [3.05, 3.63) is 60.4 Å². The molecule has 94 valence electrons. The summed E-state index contributed by atoms with van der Waals surface area (Å²) in [5.41, 5.74) is 1.88. The van der Waals surface area contributed by atoms with Crippen molar-refractivity contribution in [3.8, 4) is 5.75 Å². The number of carbonyl (C=O) groups excluding carboxylic acids is 1. The van der Waals surface area contributed by atoms with Gasteiger partial charge in [-0.2, -0.15) is 5.10 Å². The lowest BCUT2D eigenvalue weighted by Gasteiger charge is -2.04. The van der Waals surface area contributed by atoms with Crippen molar-refractivity contribution in [2.24, 2.45) is 0 Å². The first-order valence-corrected chi connectivity index (χ1v) is 5.77. The van der Waals surface area contributed by atoms with Crippen LogP contribution in [-0.4, -0.2) is 20.6 Å². The van der Waals surface area contributed by atoms with Gasteiger partial charge in [-0.25, -0.2) is 4.52 Å². The predicted octanol–water partition coefficient (Wildman–Crippen LogP) is 2.29. The highest BCUT2D eigenvalue weighted by atomic mass is 16.3. The Hall–Kier alpha value is -2.82.